The van der Waals surface area contributed by atoms with E-state index in [4.69, 9.17) is 4.74 Å². The lowest BCUT2D eigenvalue weighted by atomic mass is 10.1. The summed E-state index contributed by atoms with van der Waals surface area (Å²) in [6, 6.07) is 19.4. The van der Waals surface area contributed by atoms with Crippen molar-refractivity contribution in [2.45, 2.75) is 20.4 Å². The molecule has 32 heavy (non-hydrogen) atoms. The van der Waals surface area contributed by atoms with Gasteiger partial charge in [0.05, 0.1) is 12.7 Å². The van der Waals surface area contributed by atoms with Crippen LogP contribution in [0.3, 0.4) is 0 Å². The Labute approximate surface area is 189 Å². The zero-order valence-corrected chi connectivity index (χ0v) is 18.9. The summed E-state index contributed by atoms with van der Waals surface area (Å²) in [6.45, 7) is 6.91. The molecular weight excluding hydrogens is 402 g/mol. The molecule has 0 atom stereocenters. The van der Waals surface area contributed by atoms with Gasteiger partial charge in [-0.1, -0.05) is 30.3 Å². The third kappa shape index (κ3) is 4.40. The Hall–Kier alpha value is -3.54. The molecule has 0 N–H and O–H groups in total. The van der Waals surface area contributed by atoms with Crippen molar-refractivity contribution in [1.29, 1.82) is 0 Å². The Kier molecular flexibility index (Phi) is 6.30. The zero-order valence-electron chi connectivity index (χ0n) is 18.9. The van der Waals surface area contributed by atoms with Crippen LogP contribution in [0.25, 0.3) is 0 Å². The summed E-state index contributed by atoms with van der Waals surface area (Å²) in [5, 5.41) is 0. The number of carbonyl (C=O) groups excluding carboxylic acids is 2. The first-order valence-electron chi connectivity index (χ1n) is 10.9. The van der Waals surface area contributed by atoms with Crippen LogP contribution < -0.4 is 4.74 Å². The summed E-state index contributed by atoms with van der Waals surface area (Å²) in [4.78, 5) is 29.7. The second kappa shape index (κ2) is 9.30. The number of benzene rings is 2. The molecule has 3 aromatic rings. The number of ether oxygens (including phenoxy) is 1. The number of hydrogen-bond acceptors (Lipinski definition) is 3. The summed E-state index contributed by atoms with van der Waals surface area (Å²) in [7, 11) is 1.60. The smallest absolute Gasteiger partial charge is 0.255 e. The first kappa shape index (κ1) is 21.7. The van der Waals surface area contributed by atoms with Crippen molar-refractivity contribution in [3.8, 4) is 5.75 Å². The molecule has 166 valence electrons. The Balaban J connectivity index is 1.41. The fourth-order valence-electron chi connectivity index (χ4n) is 4.23. The van der Waals surface area contributed by atoms with Crippen molar-refractivity contribution < 1.29 is 14.3 Å². The number of aryl methyl sites for hydroxylation is 1. The highest BCUT2D eigenvalue weighted by Gasteiger charge is 2.27. The maximum absolute atomic E-state index is 13.3. The summed E-state index contributed by atoms with van der Waals surface area (Å²) in [6.07, 6.45) is 0. The number of methoxy groups -OCH3 is 1. The van der Waals surface area contributed by atoms with Crippen molar-refractivity contribution in [3.63, 3.8) is 0 Å². The molecular formula is C26H29N3O3. The van der Waals surface area contributed by atoms with Crippen LogP contribution in [-0.4, -0.2) is 59.5 Å². The van der Waals surface area contributed by atoms with Crippen molar-refractivity contribution in [3.05, 3.63) is 88.7 Å². The predicted molar refractivity (Wildman–Crippen MR) is 124 cm³/mol. The molecule has 0 saturated carbocycles. The highest BCUT2D eigenvalue weighted by molar-refractivity contribution is 5.97. The average molecular weight is 432 g/mol. The molecule has 1 aliphatic heterocycles. The lowest BCUT2D eigenvalue weighted by Crippen LogP contribution is -2.50. The van der Waals surface area contributed by atoms with Gasteiger partial charge in [0.15, 0.2) is 0 Å². The van der Waals surface area contributed by atoms with Gasteiger partial charge in [0.2, 0.25) is 0 Å². The number of nitrogens with zero attached hydrogens (tertiary/aromatic N) is 3. The molecule has 6 nitrogen and oxygen atoms in total. The fourth-order valence-corrected chi connectivity index (χ4v) is 4.23. The van der Waals surface area contributed by atoms with E-state index in [1.54, 1.807) is 31.4 Å². The van der Waals surface area contributed by atoms with Crippen LogP contribution >= 0.6 is 0 Å². The second-order valence-electron chi connectivity index (χ2n) is 8.17. The van der Waals surface area contributed by atoms with Gasteiger partial charge in [-0.25, -0.2) is 0 Å². The van der Waals surface area contributed by atoms with E-state index in [1.807, 2.05) is 47.9 Å². The van der Waals surface area contributed by atoms with Gasteiger partial charge in [-0.05, 0) is 49.7 Å². The van der Waals surface area contributed by atoms with Crippen LogP contribution in [0, 0.1) is 13.8 Å². The molecule has 2 amide bonds. The average Bonchev–Trinajstić information content (AvgIpc) is 3.12. The van der Waals surface area contributed by atoms with Crippen LogP contribution in [-0.2, 0) is 6.54 Å². The molecule has 0 bridgehead atoms. The fraction of sp³-hybridized carbons (Fsp3) is 0.308. The SMILES string of the molecule is COc1ccc(C(=O)N2CCN(C(=O)c3cc(C)n(Cc4ccccc4)c3C)CC2)cc1. The predicted octanol–water partition coefficient (Wildman–Crippen LogP) is 3.76. The van der Waals surface area contributed by atoms with Gasteiger partial charge in [0.1, 0.15) is 5.75 Å². The molecule has 1 aromatic heterocycles. The van der Waals surface area contributed by atoms with Gasteiger partial charge in [0, 0.05) is 49.7 Å². The van der Waals surface area contributed by atoms with Gasteiger partial charge >= 0.3 is 0 Å². The molecule has 4 rings (SSSR count). The van der Waals surface area contributed by atoms with E-state index in [2.05, 4.69) is 16.7 Å². The minimum atomic E-state index is -0.0132. The normalized spacial score (nSPS) is 13.8. The summed E-state index contributed by atoms with van der Waals surface area (Å²) in [5.41, 5.74) is 4.64. The molecule has 1 aliphatic rings. The van der Waals surface area contributed by atoms with E-state index in [0.29, 0.717) is 31.7 Å². The summed E-state index contributed by atoms with van der Waals surface area (Å²) in [5.74, 6) is 0.747. The number of amides is 2. The van der Waals surface area contributed by atoms with Crippen molar-refractivity contribution in [2.24, 2.45) is 0 Å². The monoisotopic (exact) mass is 431 g/mol. The number of hydrogen-bond donors (Lipinski definition) is 0. The van der Waals surface area contributed by atoms with Crippen molar-refractivity contribution in [2.75, 3.05) is 33.3 Å². The van der Waals surface area contributed by atoms with E-state index < -0.39 is 0 Å². The molecule has 0 aliphatic carbocycles. The molecule has 2 aromatic carbocycles. The maximum Gasteiger partial charge on any atom is 0.255 e. The zero-order chi connectivity index (χ0) is 22.7. The topological polar surface area (TPSA) is 54.8 Å². The maximum atomic E-state index is 13.3. The van der Waals surface area contributed by atoms with E-state index in [9.17, 15) is 9.59 Å². The van der Waals surface area contributed by atoms with Crippen LogP contribution in [0.15, 0.2) is 60.7 Å². The Morgan fingerprint density at radius 3 is 2.03 bits per heavy atom. The van der Waals surface area contributed by atoms with E-state index in [-0.39, 0.29) is 11.8 Å². The van der Waals surface area contributed by atoms with Crippen molar-refractivity contribution >= 4 is 11.8 Å². The molecule has 6 heteroatoms. The number of piperazine rings is 1. The van der Waals surface area contributed by atoms with Gasteiger partial charge in [-0.3, -0.25) is 9.59 Å². The number of rotatable bonds is 5. The van der Waals surface area contributed by atoms with E-state index in [0.717, 1.165) is 29.2 Å². The third-order valence-electron chi connectivity index (χ3n) is 6.18. The highest BCUT2D eigenvalue weighted by Crippen LogP contribution is 2.20. The quantitative estimate of drug-likeness (QED) is 0.618. The number of aromatic nitrogens is 1. The lowest BCUT2D eigenvalue weighted by molar-refractivity contribution is 0.0535. The van der Waals surface area contributed by atoms with Crippen LogP contribution in [0.5, 0.6) is 5.75 Å². The van der Waals surface area contributed by atoms with E-state index in [1.165, 1.54) is 5.56 Å². The molecule has 0 unspecified atom stereocenters. The summed E-state index contributed by atoms with van der Waals surface area (Å²) >= 11 is 0. The van der Waals surface area contributed by atoms with Crippen LogP contribution in [0.2, 0.25) is 0 Å². The van der Waals surface area contributed by atoms with Crippen LogP contribution in [0.4, 0.5) is 0 Å². The van der Waals surface area contributed by atoms with Gasteiger partial charge < -0.3 is 19.1 Å². The van der Waals surface area contributed by atoms with Gasteiger partial charge in [-0.15, -0.1) is 0 Å². The van der Waals surface area contributed by atoms with Crippen molar-refractivity contribution in [1.82, 2.24) is 14.4 Å². The van der Waals surface area contributed by atoms with E-state index >= 15 is 0 Å². The Morgan fingerprint density at radius 1 is 0.844 bits per heavy atom. The standard InChI is InChI=1S/C26H29N3O3/c1-19-17-24(20(2)29(19)18-21-7-5-4-6-8-21)26(31)28-15-13-27(14-16-28)25(30)22-9-11-23(32-3)12-10-22/h4-12,17H,13-16,18H2,1-3H3. The Morgan fingerprint density at radius 2 is 1.44 bits per heavy atom. The lowest BCUT2D eigenvalue weighted by Gasteiger charge is -2.35. The first-order valence-corrected chi connectivity index (χ1v) is 10.9. The first-order chi connectivity index (χ1) is 15.5. The minimum Gasteiger partial charge on any atom is -0.497 e. The molecule has 1 fully saturated rings. The molecule has 1 saturated heterocycles. The molecule has 0 radical (unpaired) electrons. The summed E-state index contributed by atoms with van der Waals surface area (Å²) < 4.78 is 7.35. The van der Waals surface area contributed by atoms with Crippen LogP contribution in [0.1, 0.15) is 37.7 Å². The number of carbonyl (C=O) groups is 2. The highest BCUT2D eigenvalue weighted by atomic mass is 16.5. The second-order valence-corrected chi connectivity index (χ2v) is 8.17. The Bertz CT molecular complexity index is 1100. The third-order valence-corrected chi connectivity index (χ3v) is 6.18. The largest absolute Gasteiger partial charge is 0.497 e. The molecule has 0 spiro atoms. The minimum absolute atomic E-state index is 0.0132. The molecule has 2 heterocycles. The van der Waals surface area contributed by atoms with Gasteiger partial charge in [-0.2, -0.15) is 0 Å². The van der Waals surface area contributed by atoms with Gasteiger partial charge in [0.25, 0.3) is 11.8 Å².